The minimum Gasteiger partial charge on any atom is -0.481 e. The molecule has 0 radical (unpaired) electrons. The highest BCUT2D eigenvalue weighted by Gasteiger charge is 2.15. The maximum Gasteiger partial charge on any atom is 0.305 e. The lowest BCUT2D eigenvalue weighted by Crippen LogP contribution is -2.25. The molecule has 0 aliphatic heterocycles. The van der Waals surface area contributed by atoms with Gasteiger partial charge in [0.1, 0.15) is 5.15 Å². The fourth-order valence-electron chi connectivity index (χ4n) is 4.31. The predicted molar refractivity (Wildman–Crippen MR) is 140 cm³/mol. The third kappa shape index (κ3) is 6.06. The Labute approximate surface area is 209 Å². The maximum atomic E-state index is 12.3. The van der Waals surface area contributed by atoms with Crippen molar-refractivity contribution in [1.29, 1.82) is 0 Å². The average molecular weight is 487 g/mol. The Hall–Kier alpha value is -3.70. The van der Waals surface area contributed by atoms with Crippen LogP contribution in [-0.2, 0) is 4.79 Å². The average Bonchev–Trinajstić information content (AvgIpc) is 2.86. The van der Waals surface area contributed by atoms with E-state index < -0.39 is 5.97 Å². The number of aliphatic carboxylic acids is 1. The van der Waals surface area contributed by atoms with Gasteiger partial charge in [0.2, 0.25) is 0 Å². The zero-order valence-corrected chi connectivity index (χ0v) is 20.3. The van der Waals surface area contributed by atoms with Crippen LogP contribution >= 0.6 is 11.6 Å². The number of aromatic nitrogens is 1. The fourth-order valence-corrected chi connectivity index (χ4v) is 4.48. The first kappa shape index (κ1) is 24.4. The van der Waals surface area contributed by atoms with Crippen LogP contribution in [0, 0.1) is 0 Å². The van der Waals surface area contributed by atoms with Gasteiger partial charge in [0, 0.05) is 24.2 Å². The Kier molecular flexibility index (Phi) is 7.78. The molecule has 35 heavy (non-hydrogen) atoms. The smallest absolute Gasteiger partial charge is 0.305 e. The second kappa shape index (κ2) is 11.2. The van der Waals surface area contributed by atoms with Crippen molar-refractivity contribution in [3.05, 3.63) is 101 Å². The Morgan fingerprint density at radius 1 is 0.914 bits per heavy atom. The third-order valence-corrected chi connectivity index (χ3v) is 6.31. The van der Waals surface area contributed by atoms with Crippen LogP contribution in [0.4, 0.5) is 0 Å². The number of carbonyl (C=O) groups excluding carboxylic acids is 1. The second-order valence-electron chi connectivity index (χ2n) is 8.55. The molecule has 0 aliphatic carbocycles. The molecule has 178 valence electrons. The van der Waals surface area contributed by atoms with Crippen LogP contribution in [0.2, 0.25) is 5.15 Å². The van der Waals surface area contributed by atoms with Crippen molar-refractivity contribution in [2.45, 2.75) is 32.1 Å². The van der Waals surface area contributed by atoms with E-state index in [1.807, 2.05) is 24.3 Å². The SMILES string of the molecule is CCCC(c1ccc(C(=O)NCCC(=O)O)cc1)c1ccc2cc(-c3ccnc(Cl)c3)ccc2c1. The lowest BCUT2D eigenvalue weighted by molar-refractivity contribution is -0.136. The molecule has 0 fully saturated rings. The zero-order chi connectivity index (χ0) is 24.8. The lowest BCUT2D eigenvalue weighted by Gasteiger charge is -2.19. The van der Waals surface area contributed by atoms with Crippen LogP contribution in [0.1, 0.15) is 53.6 Å². The number of benzene rings is 3. The number of halogens is 1. The van der Waals surface area contributed by atoms with Gasteiger partial charge in [-0.1, -0.05) is 67.4 Å². The summed E-state index contributed by atoms with van der Waals surface area (Å²) in [7, 11) is 0. The van der Waals surface area contributed by atoms with E-state index in [9.17, 15) is 9.59 Å². The van der Waals surface area contributed by atoms with Gasteiger partial charge in [-0.3, -0.25) is 9.59 Å². The summed E-state index contributed by atoms with van der Waals surface area (Å²) >= 11 is 6.06. The molecule has 1 aromatic heterocycles. The van der Waals surface area contributed by atoms with Crippen LogP contribution < -0.4 is 5.32 Å². The molecule has 5 nitrogen and oxygen atoms in total. The molecule has 1 heterocycles. The van der Waals surface area contributed by atoms with Crippen molar-refractivity contribution in [2.75, 3.05) is 6.54 Å². The van der Waals surface area contributed by atoms with Crippen LogP contribution in [0.3, 0.4) is 0 Å². The van der Waals surface area contributed by atoms with Gasteiger partial charge in [-0.25, -0.2) is 4.98 Å². The number of nitrogens with zero attached hydrogens (tertiary/aromatic N) is 1. The molecule has 0 spiro atoms. The molecule has 4 rings (SSSR count). The molecule has 0 bridgehead atoms. The first-order valence-electron chi connectivity index (χ1n) is 11.7. The topological polar surface area (TPSA) is 79.3 Å². The number of nitrogens with one attached hydrogen (secondary N) is 1. The molecular weight excluding hydrogens is 460 g/mol. The summed E-state index contributed by atoms with van der Waals surface area (Å²) in [6.07, 6.45) is 3.64. The number of carboxylic acid groups (broad SMARTS) is 1. The molecular formula is C29H27ClN2O3. The molecule has 1 unspecified atom stereocenters. The van der Waals surface area contributed by atoms with Gasteiger partial charge in [-0.2, -0.15) is 0 Å². The minimum absolute atomic E-state index is 0.0951. The number of rotatable bonds is 9. The number of hydrogen-bond acceptors (Lipinski definition) is 3. The number of fused-ring (bicyclic) bond motifs is 1. The predicted octanol–water partition coefficient (Wildman–Crippen LogP) is 6.69. The van der Waals surface area contributed by atoms with E-state index in [0.29, 0.717) is 10.7 Å². The molecule has 0 saturated heterocycles. The summed E-state index contributed by atoms with van der Waals surface area (Å²) in [5, 5.41) is 14.2. The highest BCUT2D eigenvalue weighted by Crippen LogP contribution is 2.33. The Balaban J connectivity index is 1.56. The summed E-state index contributed by atoms with van der Waals surface area (Å²) in [6.45, 7) is 2.28. The van der Waals surface area contributed by atoms with Gasteiger partial charge >= 0.3 is 5.97 Å². The number of carboxylic acids is 1. The molecule has 1 amide bonds. The van der Waals surface area contributed by atoms with Gasteiger partial charge in [0.25, 0.3) is 5.91 Å². The largest absolute Gasteiger partial charge is 0.481 e. The van der Waals surface area contributed by atoms with Crippen molar-refractivity contribution in [3.63, 3.8) is 0 Å². The number of pyridine rings is 1. The Bertz CT molecular complexity index is 1350. The van der Waals surface area contributed by atoms with Gasteiger partial charge in [0.05, 0.1) is 6.42 Å². The van der Waals surface area contributed by atoms with E-state index in [-0.39, 0.29) is 24.8 Å². The van der Waals surface area contributed by atoms with Crippen LogP contribution in [-0.4, -0.2) is 28.5 Å². The number of hydrogen-bond donors (Lipinski definition) is 2. The summed E-state index contributed by atoms with van der Waals surface area (Å²) in [6, 6.07) is 24.4. The summed E-state index contributed by atoms with van der Waals surface area (Å²) in [4.78, 5) is 27.0. The van der Waals surface area contributed by atoms with E-state index in [2.05, 4.69) is 53.6 Å². The van der Waals surface area contributed by atoms with Crippen LogP contribution in [0.15, 0.2) is 79.0 Å². The molecule has 1 atom stereocenters. The van der Waals surface area contributed by atoms with Gasteiger partial charge in [0.15, 0.2) is 0 Å². The molecule has 6 heteroatoms. The van der Waals surface area contributed by atoms with Crippen molar-refractivity contribution in [1.82, 2.24) is 10.3 Å². The van der Waals surface area contributed by atoms with E-state index in [1.54, 1.807) is 18.3 Å². The molecule has 0 saturated carbocycles. The van der Waals surface area contributed by atoms with E-state index in [0.717, 1.165) is 34.9 Å². The fraction of sp³-hybridized carbons (Fsp3) is 0.207. The number of amides is 1. The standard InChI is InChI=1S/C29H27ClN2O3/c1-2-3-26(19-4-6-20(7-5-19)29(35)32-15-13-28(33)34)25-11-10-21-16-22(8-9-23(21)17-25)24-12-14-31-27(30)18-24/h4-12,14,16-18,26H,2-3,13,15H2,1H3,(H,32,35)(H,33,34). The molecule has 0 aliphatic rings. The molecule has 2 N–H and O–H groups in total. The highest BCUT2D eigenvalue weighted by atomic mass is 35.5. The summed E-state index contributed by atoms with van der Waals surface area (Å²) in [5.74, 6) is -0.981. The first-order valence-corrected chi connectivity index (χ1v) is 12.1. The van der Waals surface area contributed by atoms with Crippen LogP contribution in [0.5, 0.6) is 0 Å². The van der Waals surface area contributed by atoms with Crippen LogP contribution in [0.25, 0.3) is 21.9 Å². The zero-order valence-electron chi connectivity index (χ0n) is 19.5. The number of carbonyl (C=O) groups is 2. The maximum absolute atomic E-state index is 12.3. The monoisotopic (exact) mass is 486 g/mol. The quantitative estimate of drug-likeness (QED) is 0.258. The Morgan fingerprint density at radius 3 is 2.31 bits per heavy atom. The van der Waals surface area contributed by atoms with Crippen molar-refractivity contribution in [2.24, 2.45) is 0 Å². The Morgan fingerprint density at radius 2 is 1.60 bits per heavy atom. The highest BCUT2D eigenvalue weighted by molar-refractivity contribution is 6.29. The third-order valence-electron chi connectivity index (χ3n) is 6.10. The first-order chi connectivity index (χ1) is 16.9. The van der Waals surface area contributed by atoms with Gasteiger partial charge < -0.3 is 10.4 Å². The minimum atomic E-state index is -0.934. The van der Waals surface area contributed by atoms with E-state index >= 15 is 0 Å². The van der Waals surface area contributed by atoms with Crippen molar-refractivity contribution < 1.29 is 14.7 Å². The summed E-state index contributed by atoms with van der Waals surface area (Å²) < 4.78 is 0. The van der Waals surface area contributed by atoms with Gasteiger partial charge in [-0.05, 0) is 69.8 Å². The lowest BCUT2D eigenvalue weighted by atomic mass is 9.86. The summed E-state index contributed by atoms with van der Waals surface area (Å²) in [5.41, 5.74) is 5.04. The molecule has 4 aromatic rings. The van der Waals surface area contributed by atoms with Crippen molar-refractivity contribution >= 4 is 34.2 Å². The van der Waals surface area contributed by atoms with E-state index in [1.165, 1.54) is 10.9 Å². The molecule has 3 aromatic carbocycles. The van der Waals surface area contributed by atoms with Crippen molar-refractivity contribution in [3.8, 4) is 11.1 Å². The van der Waals surface area contributed by atoms with E-state index in [4.69, 9.17) is 16.7 Å². The normalized spacial score (nSPS) is 11.8. The second-order valence-corrected chi connectivity index (χ2v) is 8.94. The van der Waals surface area contributed by atoms with Gasteiger partial charge in [-0.15, -0.1) is 0 Å².